The first-order valence-corrected chi connectivity index (χ1v) is 10.6. The third-order valence-corrected chi connectivity index (χ3v) is 7.19. The molecule has 4 rings (SSSR count). The third kappa shape index (κ3) is 3.13. The van der Waals surface area contributed by atoms with Crippen molar-refractivity contribution < 1.29 is 13.2 Å². The Bertz CT molecular complexity index is 1080. The largest absolute Gasteiger partial charge is 0.497 e. The average Bonchev–Trinajstić information content (AvgIpc) is 3.05. The van der Waals surface area contributed by atoms with Crippen LogP contribution in [0.15, 0.2) is 47.4 Å². The highest BCUT2D eigenvalue weighted by Crippen LogP contribution is 2.32. The molecule has 0 fully saturated rings. The Hall–Kier alpha value is -2.31. The number of benzene rings is 2. The van der Waals surface area contributed by atoms with Crippen molar-refractivity contribution in [3.63, 3.8) is 0 Å². The summed E-state index contributed by atoms with van der Waals surface area (Å²) in [5.74, 6) is 1.08. The number of rotatable bonds is 4. The Morgan fingerprint density at radius 1 is 1.11 bits per heavy atom. The maximum Gasteiger partial charge on any atom is 0.243 e. The topological polar surface area (TPSA) is 62.4 Å². The van der Waals surface area contributed by atoms with Gasteiger partial charge in [0.1, 0.15) is 5.75 Å². The number of hydrogen-bond donors (Lipinski definition) is 1. The van der Waals surface area contributed by atoms with Crippen molar-refractivity contribution in [2.75, 3.05) is 13.7 Å². The predicted molar refractivity (Wildman–Crippen MR) is 107 cm³/mol. The molecule has 142 valence electrons. The van der Waals surface area contributed by atoms with Gasteiger partial charge in [-0.1, -0.05) is 19.9 Å². The first-order chi connectivity index (χ1) is 12.9. The van der Waals surface area contributed by atoms with Crippen molar-refractivity contribution >= 4 is 20.9 Å². The van der Waals surface area contributed by atoms with Gasteiger partial charge in [0, 0.05) is 36.1 Å². The van der Waals surface area contributed by atoms with Gasteiger partial charge in [-0.3, -0.25) is 0 Å². The lowest BCUT2D eigenvalue weighted by Gasteiger charge is -2.26. The number of nitrogens with one attached hydrogen (secondary N) is 1. The highest BCUT2D eigenvalue weighted by molar-refractivity contribution is 7.89. The molecular weight excluding hydrogens is 360 g/mol. The second-order valence-corrected chi connectivity index (χ2v) is 9.24. The van der Waals surface area contributed by atoms with Gasteiger partial charge in [-0.15, -0.1) is 0 Å². The van der Waals surface area contributed by atoms with Crippen molar-refractivity contribution in [3.05, 3.63) is 59.3 Å². The van der Waals surface area contributed by atoms with E-state index in [-0.39, 0.29) is 0 Å². The molecule has 5 nitrogen and oxygen atoms in total. The van der Waals surface area contributed by atoms with E-state index in [1.165, 1.54) is 5.56 Å². The van der Waals surface area contributed by atoms with E-state index in [4.69, 9.17) is 4.74 Å². The average molecular weight is 385 g/mol. The minimum absolute atomic E-state index is 0.300. The third-order valence-electron chi connectivity index (χ3n) is 5.33. The second-order valence-electron chi connectivity index (χ2n) is 7.31. The van der Waals surface area contributed by atoms with E-state index in [9.17, 15) is 8.42 Å². The molecule has 0 amide bonds. The minimum Gasteiger partial charge on any atom is -0.497 e. The summed E-state index contributed by atoms with van der Waals surface area (Å²) >= 11 is 0. The molecule has 1 aliphatic heterocycles. The van der Waals surface area contributed by atoms with Crippen LogP contribution < -0.4 is 4.74 Å². The van der Waals surface area contributed by atoms with E-state index < -0.39 is 10.0 Å². The van der Waals surface area contributed by atoms with Crippen LogP contribution in [0.5, 0.6) is 5.75 Å². The molecule has 3 aromatic rings. The normalized spacial score (nSPS) is 15.3. The first kappa shape index (κ1) is 18.1. The molecule has 0 saturated carbocycles. The molecule has 0 bridgehead atoms. The van der Waals surface area contributed by atoms with E-state index in [0.29, 0.717) is 36.1 Å². The van der Waals surface area contributed by atoms with Gasteiger partial charge in [0.25, 0.3) is 0 Å². The Morgan fingerprint density at radius 3 is 2.52 bits per heavy atom. The van der Waals surface area contributed by atoms with Gasteiger partial charge in [0.2, 0.25) is 10.0 Å². The standard InChI is InChI=1S/C21H24N2O3S/c1-14(2)15-4-9-20-18(12-15)19-13-23(11-10-21(19)22-20)27(24,25)17-7-5-16(26-3)6-8-17/h4-9,12,14,22H,10-11,13H2,1-3H3. The highest BCUT2D eigenvalue weighted by atomic mass is 32.2. The molecule has 0 radical (unpaired) electrons. The zero-order valence-corrected chi connectivity index (χ0v) is 16.6. The number of H-pyrrole nitrogens is 1. The molecule has 1 N–H and O–H groups in total. The molecule has 27 heavy (non-hydrogen) atoms. The highest BCUT2D eigenvalue weighted by Gasteiger charge is 2.30. The monoisotopic (exact) mass is 384 g/mol. The quantitative estimate of drug-likeness (QED) is 0.738. The van der Waals surface area contributed by atoms with Gasteiger partial charge in [-0.25, -0.2) is 8.42 Å². The molecule has 0 aliphatic carbocycles. The smallest absolute Gasteiger partial charge is 0.243 e. The molecule has 0 spiro atoms. The summed E-state index contributed by atoms with van der Waals surface area (Å²) in [7, 11) is -1.97. The number of methoxy groups -OCH3 is 1. The van der Waals surface area contributed by atoms with Crippen LogP contribution in [0.25, 0.3) is 10.9 Å². The summed E-state index contributed by atoms with van der Waals surface area (Å²) < 4.78 is 32.9. The second kappa shape index (κ2) is 6.69. The summed E-state index contributed by atoms with van der Waals surface area (Å²) in [5, 5.41) is 1.13. The zero-order valence-electron chi connectivity index (χ0n) is 15.8. The summed E-state index contributed by atoms with van der Waals surface area (Å²) in [6, 6.07) is 13.0. The molecule has 1 aliphatic rings. The first-order valence-electron chi connectivity index (χ1n) is 9.17. The molecule has 0 unspecified atom stereocenters. The summed E-state index contributed by atoms with van der Waals surface area (Å²) in [6.45, 7) is 5.21. The van der Waals surface area contributed by atoms with Crippen LogP contribution in [0.3, 0.4) is 0 Å². The molecule has 6 heteroatoms. The summed E-state index contributed by atoms with van der Waals surface area (Å²) in [4.78, 5) is 3.77. The van der Waals surface area contributed by atoms with Crippen LogP contribution in [0.1, 0.15) is 36.6 Å². The van der Waals surface area contributed by atoms with Crippen LogP contribution >= 0.6 is 0 Å². The van der Waals surface area contributed by atoms with Crippen molar-refractivity contribution in [2.45, 2.75) is 37.6 Å². The van der Waals surface area contributed by atoms with Gasteiger partial charge < -0.3 is 9.72 Å². The van der Waals surface area contributed by atoms with Crippen LogP contribution in [0.2, 0.25) is 0 Å². The number of aromatic nitrogens is 1. The fourth-order valence-corrected chi connectivity index (χ4v) is 5.08. The van der Waals surface area contributed by atoms with E-state index in [1.807, 2.05) is 0 Å². The van der Waals surface area contributed by atoms with E-state index >= 15 is 0 Å². The lowest BCUT2D eigenvalue weighted by atomic mass is 9.99. The Morgan fingerprint density at radius 2 is 1.85 bits per heavy atom. The fourth-order valence-electron chi connectivity index (χ4n) is 3.67. The Kier molecular flexibility index (Phi) is 4.48. The van der Waals surface area contributed by atoms with Crippen LogP contribution in [-0.4, -0.2) is 31.4 Å². The maximum absolute atomic E-state index is 13.1. The van der Waals surface area contributed by atoms with Gasteiger partial charge in [-0.05, 0) is 53.4 Å². The predicted octanol–water partition coefficient (Wildman–Crippen LogP) is 4.05. The molecular formula is C21H24N2O3S. The van der Waals surface area contributed by atoms with Crippen molar-refractivity contribution in [2.24, 2.45) is 0 Å². The van der Waals surface area contributed by atoms with Gasteiger partial charge >= 0.3 is 0 Å². The Labute approximate surface area is 160 Å². The van der Waals surface area contributed by atoms with Gasteiger partial charge in [0.15, 0.2) is 0 Å². The summed E-state index contributed by atoms with van der Waals surface area (Å²) in [5.41, 5.74) is 4.58. The summed E-state index contributed by atoms with van der Waals surface area (Å²) in [6.07, 6.45) is 0.691. The van der Waals surface area contributed by atoms with Crippen LogP contribution in [0, 0.1) is 0 Å². The van der Waals surface area contributed by atoms with E-state index in [0.717, 1.165) is 22.2 Å². The van der Waals surface area contributed by atoms with Gasteiger partial charge in [-0.2, -0.15) is 4.31 Å². The number of aromatic amines is 1. The fraction of sp³-hybridized carbons (Fsp3) is 0.333. The van der Waals surface area contributed by atoms with E-state index in [1.54, 1.807) is 35.7 Å². The minimum atomic E-state index is -3.54. The number of ether oxygens (including phenoxy) is 1. The zero-order chi connectivity index (χ0) is 19.2. The lowest BCUT2D eigenvalue weighted by molar-refractivity contribution is 0.391. The number of fused-ring (bicyclic) bond motifs is 3. The molecule has 1 aromatic heterocycles. The SMILES string of the molecule is COc1ccc(S(=O)(=O)N2CCc3[nH]c4ccc(C(C)C)cc4c3C2)cc1. The number of nitrogens with zero attached hydrogens (tertiary/aromatic N) is 1. The number of hydrogen-bond acceptors (Lipinski definition) is 3. The number of sulfonamides is 1. The maximum atomic E-state index is 13.1. The molecule has 0 atom stereocenters. The molecule has 2 aromatic carbocycles. The van der Waals surface area contributed by atoms with Crippen molar-refractivity contribution in [1.82, 2.24) is 9.29 Å². The van der Waals surface area contributed by atoms with E-state index in [2.05, 4.69) is 37.0 Å². The van der Waals surface area contributed by atoms with Crippen molar-refractivity contribution in [1.29, 1.82) is 0 Å². The molecule has 0 saturated heterocycles. The van der Waals surface area contributed by atoms with Crippen LogP contribution in [0.4, 0.5) is 0 Å². The van der Waals surface area contributed by atoms with Crippen LogP contribution in [-0.2, 0) is 23.0 Å². The van der Waals surface area contributed by atoms with Gasteiger partial charge in [0.05, 0.1) is 12.0 Å². The molecule has 2 heterocycles. The Balaban J connectivity index is 1.70. The lowest BCUT2D eigenvalue weighted by Crippen LogP contribution is -2.35. The van der Waals surface area contributed by atoms with Crippen molar-refractivity contribution in [3.8, 4) is 5.75 Å².